The number of nitrogens with zero attached hydrogens (tertiary/aromatic N) is 2. The number of benzene rings is 1. The average molecular weight is 261 g/mol. The fraction of sp³-hybridized carbons (Fsp3) is 0.0769. The lowest BCUT2D eigenvalue weighted by atomic mass is 10.2. The molecule has 98 valence electrons. The molecule has 0 radical (unpaired) electrons. The van der Waals surface area contributed by atoms with Gasteiger partial charge in [-0.3, -0.25) is 4.98 Å². The lowest BCUT2D eigenvalue weighted by Gasteiger charge is -2.11. The highest BCUT2D eigenvalue weighted by molar-refractivity contribution is 5.99. The lowest BCUT2D eigenvalue weighted by molar-refractivity contribution is 0.318. The first-order chi connectivity index (χ1) is 9.11. The highest BCUT2D eigenvalue weighted by atomic mass is 19.1. The summed E-state index contributed by atoms with van der Waals surface area (Å²) in [5.74, 6) is 0.0711. The van der Waals surface area contributed by atoms with Crippen molar-refractivity contribution < 1.29 is 14.3 Å². The number of nitrogens with two attached hydrogens (primary N) is 1. The van der Waals surface area contributed by atoms with Gasteiger partial charge in [0.1, 0.15) is 17.3 Å². The number of halogens is 1. The summed E-state index contributed by atoms with van der Waals surface area (Å²) < 4.78 is 18.8. The molecule has 5 nitrogen and oxygen atoms in total. The van der Waals surface area contributed by atoms with Gasteiger partial charge in [0.25, 0.3) is 0 Å². The Labute approximate surface area is 109 Å². The number of ether oxygens (including phenoxy) is 1. The van der Waals surface area contributed by atoms with E-state index in [1.165, 1.54) is 12.1 Å². The quantitative estimate of drug-likeness (QED) is 0.385. The van der Waals surface area contributed by atoms with Gasteiger partial charge in [0.05, 0.1) is 11.3 Å². The molecule has 1 aromatic carbocycles. The molecule has 0 spiro atoms. The van der Waals surface area contributed by atoms with Crippen molar-refractivity contribution in [1.29, 1.82) is 0 Å². The molecule has 0 atom stereocenters. The van der Waals surface area contributed by atoms with E-state index in [0.717, 1.165) is 6.07 Å². The zero-order valence-corrected chi connectivity index (χ0v) is 10.2. The Morgan fingerprint density at radius 3 is 2.84 bits per heavy atom. The molecular weight excluding hydrogens is 249 g/mol. The lowest BCUT2D eigenvalue weighted by Crippen LogP contribution is -2.14. The Morgan fingerprint density at radius 2 is 2.16 bits per heavy atom. The molecule has 19 heavy (non-hydrogen) atoms. The summed E-state index contributed by atoms with van der Waals surface area (Å²) in [6.07, 6.45) is 1.64. The molecule has 0 unspecified atom stereocenters. The summed E-state index contributed by atoms with van der Waals surface area (Å²) in [5.41, 5.74) is 6.34. The number of aromatic nitrogens is 1. The van der Waals surface area contributed by atoms with Crippen molar-refractivity contribution in [2.24, 2.45) is 10.9 Å². The minimum atomic E-state index is -0.503. The van der Waals surface area contributed by atoms with Crippen LogP contribution in [0.15, 0.2) is 41.7 Å². The van der Waals surface area contributed by atoms with Gasteiger partial charge in [-0.2, -0.15) is 0 Å². The number of pyridine rings is 1. The minimum absolute atomic E-state index is 0.172. The summed E-state index contributed by atoms with van der Waals surface area (Å²) in [6, 6.07) is 7.22. The van der Waals surface area contributed by atoms with Crippen LogP contribution >= 0.6 is 0 Å². The third-order valence-electron chi connectivity index (χ3n) is 2.50. The van der Waals surface area contributed by atoms with Crippen LogP contribution in [0, 0.1) is 12.7 Å². The first-order valence-corrected chi connectivity index (χ1v) is 5.48. The molecule has 1 aromatic heterocycles. The van der Waals surface area contributed by atoms with Crippen LogP contribution in [0.2, 0.25) is 0 Å². The fourth-order valence-corrected chi connectivity index (χ4v) is 1.54. The fourth-order valence-electron chi connectivity index (χ4n) is 1.54. The molecule has 0 aliphatic rings. The van der Waals surface area contributed by atoms with Gasteiger partial charge in [-0.1, -0.05) is 5.16 Å². The highest BCUT2D eigenvalue weighted by Gasteiger charge is 2.12. The predicted octanol–water partition coefficient (Wildman–Crippen LogP) is 2.42. The second-order valence-corrected chi connectivity index (χ2v) is 3.81. The van der Waals surface area contributed by atoms with E-state index in [1.807, 2.05) is 0 Å². The van der Waals surface area contributed by atoms with E-state index in [2.05, 4.69) is 10.1 Å². The number of oxime groups is 1. The molecule has 0 bridgehead atoms. The zero-order chi connectivity index (χ0) is 13.8. The highest BCUT2D eigenvalue weighted by Crippen LogP contribution is 2.27. The summed E-state index contributed by atoms with van der Waals surface area (Å²) in [6.45, 7) is 1.78. The molecule has 0 saturated carbocycles. The predicted molar refractivity (Wildman–Crippen MR) is 68.0 cm³/mol. The van der Waals surface area contributed by atoms with Gasteiger partial charge < -0.3 is 15.7 Å². The van der Waals surface area contributed by atoms with Gasteiger partial charge in [0, 0.05) is 6.20 Å². The van der Waals surface area contributed by atoms with Crippen molar-refractivity contribution in [3.05, 3.63) is 53.6 Å². The van der Waals surface area contributed by atoms with Crippen LogP contribution in [0.3, 0.4) is 0 Å². The van der Waals surface area contributed by atoms with Crippen LogP contribution in [0.5, 0.6) is 11.5 Å². The molecule has 0 saturated heterocycles. The van der Waals surface area contributed by atoms with Crippen molar-refractivity contribution in [1.82, 2.24) is 4.98 Å². The Kier molecular flexibility index (Phi) is 3.61. The van der Waals surface area contributed by atoms with Crippen LogP contribution in [-0.4, -0.2) is 16.0 Å². The van der Waals surface area contributed by atoms with Crippen molar-refractivity contribution in [2.75, 3.05) is 0 Å². The molecule has 0 amide bonds. The molecule has 2 aromatic rings. The third kappa shape index (κ3) is 2.79. The summed E-state index contributed by atoms with van der Waals surface area (Å²) >= 11 is 0. The van der Waals surface area contributed by atoms with Gasteiger partial charge in [0.2, 0.25) is 0 Å². The van der Waals surface area contributed by atoms with E-state index in [1.54, 1.807) is 25.3 Å². The van der Waals surface area contributed by atoms with Crippen molar-refractivity contribution in [3.8, 4) is 11.5 Å². The zero-order valence-electron chi connectivity index (χ0n) is 10.2. The maximum absolute atomic E-state index is 13.2. The van der Waals surface area contributed by atoms with Crippen molar-refractivity contribution >= 4 is 5.84 Å². The molecular formula is C13H12FN3O2. The van der Waals surface area contributed by atoms with E-state index in [9.17, 15) is 4.39 Å². The molecule has 0 fully saturated rings. The summed E-state index contributed by atoms with van der Waals surface area (Å²) in [4.78, 5) is 4.08. The molecule has 2 rings (SSSR count). The normalized spacial score (nSPS) is 11.4. The number of amidine groups is 1. The second kappa shape index (κ2) is 5.34. The van der Waals surface area contributed by atoms with Gasteiger partial charge in [0.15, 0.2) is 5.84 Å². The monoisotopic (exact) mass is 261 g/mol. The van der Waals surface area contributed by atoms with Crippen LogP contribution in [0.25, 0.3) is 0 Å². The van der Waals surface area contributed by atoms with Crippen LogP contribution in [0.1, 0.15) is 11.3 Å². The number of hydrogen-bond acceptors (Lipinski definition) is 4. The number of hydrogen-bond donors (Lipinski definition) is 2. The van der Waals surface area contributed by atoms with E-state index < -0.39 is 5.82 Å². The maximum Gasteiger partial charge on any atom is 0.173 e. The first kappa shape index (κ1) is 12.8. The first-order valence-electron chi connectivity index (χ1n) is 5.48. The van der Waals surface area contributed by atoms with E-state index in [0.29, 0.717) is 11.4 Å². The van der Waals surface area contributed by atoms with Gasteiger partial charge in [-0.05, 0) is 37.3 Å². The van der Waals surface area contributed by atoms with Gasteiger partial charge >= 0.3 is 0 Å². The number of rotatable bonds is 3. The molecule has 6 heteroatoms. The molecule has 3 N–H and O–H groups in total. The van der Waals surface area contributed by atoms with Crippen LogP contribution in [-0.2, 0) is 0 Å². The average Bonchev–Trinajstić information content (AvgIpc) is 2.42. The van der Waals surface area contributed by atoms with Crippen molar-refractivity contribution in [2.45, 2.75) is 6.92 Å². The van der Waals surface area contributed by atoms with Crippen molar-refractivity contribution in [3.63, 3.8) is 0 Å². The second-order valence-electron chi connectivity index (χ2n) is 3.81. The maximum atomic E-state index is 13.2. The van der Waals surface area contributed by atoms with Crippen LogP contribution < -0.4 is 10.5 Å². The molecule has 0 aliphatic heterocycles. The largest absolute Gasteiger partial charge is 0.455 e. The van der Waals surface area contributed by atoms with E-state index in [-0.39, 0.29) is 17.1 Å². The topological polar surface area (TPSA) is 80.7 Å². The molecule has 1 heterocycles. The smallest absolute Gasteiger partial charge is 0.173 e. The Balaban J connectivity index is 2.43. The SMILES string of the molecule is Cc1ncccc1Oc1ccc(F)cc1C(N)=NO. The minimum Gasteiger partial charge on any atom is -0.455 e. The Morgan fingerprint density at radius 1 is 1.37 bits per heavy atom. The summed E-state index contributed by atoms with van der Waals surface area (Å²) in [5, 5.41) is 11.6. The Hall–Kier alpha value is -2.63. The van der Waals surface area contributed by atoms with E-state index in [4.69, 9.17) is 15.7 Å². The summed E-state index contributed by atoms with van der Waals surface area (Å²) in [7, 11) is 0. The molecule has 0 aliphatic carbocycles. The number of aryl methyl sites for hydroxylation is 1. The van der Waals surface area contributed by atoms with Gasteiger partial charge in [-0.15, -0.1) is 0 Å². The Bertz CT molecular complexity index is 629. The van der Waals surface area contributed by atoms with E-state index >= 15 is 0 Å². The van der Waals surface area contributed by atoms with Gasteiger partial charge in [-0.25, -0.2) is 4.39 Å². The standard InChI is InChI=1S/C13H12FN3O2/c1-8-11(3-2-6-16-8)19-12-5-4-9(14)7-10(12)13(15)17-18/h2-7,18H,1H3,(H2,15,17). The third-order valence-corrected chi connectivity index (χ3v) is 2.50. The van der Waals surface area contributed by atoms with Crippen LogP contribution in [0.4, 0.5) is 4.39 Å².